The molecule has 0 radical (unpaired) electrons. The zero-order valence-electron chi connectivity index (χ0n) is 13.9. The van der Waals surface area contributed by atoms with E-state index >= 15 is 0 Å². The first-order chi connectivity index (χ1) is 12.4. The van der Waals surface area contributed by atoms with Crippen LogP contribution in [0.3, 0.4) is 0 Å². The lowest BCUT2D eigenvalue weighted by Gasteiger charge is -2.14. The lowest BCUT2D eigenvalue weighted by molar-refractivity contribution is -0.126. The van der Waals surface area contributed by atoms with Gasteiger partial charge in [-0.2, -0.15) is 0 Å². The van der Waals surface area contributed by atoms with Gasteiger partial charge in [0.05, 0.1) is 5.25 Å². The fourth-order valence-corrected chi connectivity index (χ4v) is 5.00. The van der Waals surface area contributed by atoms with E-state index in [-0.39, 0.29) is 23.5 Å². The summed E-state index contributed by atoms with van der Waals surface area (Å²) >= 11 is 13.9. The topological polar surface area (TPSA) is 62.3 Å². The Morgan fingerprint density at radius 1 is 1.46 bits per heavy atom. The van der Waals surface area contributed by atoms with Gasteiger partial charge in [-0.25, -0.2) is 4.98 Å². The monoisotopic (exact) mass is 425 g/mol. The Balaban J connectivity index is 1.51. The Morgan fingerprint density at radius 3 is 2.96 bits per heavy atom. The maximum atomic E-state index is 12.1. The van der Waals surface area contributed by atoms with E-state index in [2.05, 4.69) is 10.3 Å². The van der Waals surface area contributed by atoms with Gasteiger partial charge in [-0.3, -0.25) is 14.5 Å². The largest absolute Gasteiger partial charge is 0.302 e. The van der Waals surface area contributed by atoms with Crippen molar-refractivity contribution in [3.8, 4) is 0 Å². The average Bonchev–Trinajstić information content (AvgIpc) is 3.10. The number of nitrogens with zero attached hydrogens (tertiary/aromatic N) is 2. The molecule has 136 valence electrons. The minimum Gasteiger partial charge on any atom is -0.302 e. The van der Waals surface area contributed by atoms with Gasteiger partial charge in [-0.15, -0.1) is 11.3 Å². The maximum Gasteiger partial charge on any atom is 0.241 e. The molecular weight excluding hydrogens is 410 g/mol. The number of thioether (sulfide) groups is 1. The third kappa shape index (κ3) is 4.82. The molecule has 1 unspecified atom stereocenters. The van der Waals surface area contributed by atoms with Gasteiger partial charge in [-0.1, -0.05) is 47.7 Å². The summed E-state index contributed by atoms with van der Waals surface area (Å²) < 4.78 is 0.536. The van der Waals surface area contributed by atoms with Gasteiger partial charge in [0, 0.05) is 35.5 Å². The van der Waals surface area contributed by atoms with Crippen molar-refractivity contribution in [3.63, 3.8) is 0 Å². The summed E-state index contributed by atoms with van der Waals surface area (Å²) in [5.74, 6) is -0.223. The van der Waals surface area contributed by atoms with Gasteiger partial charge in [0.1, 0.15) is 4.32 Å². The number of carbonyl (C=O) groups is 2. The number of thiazole rings is 1. The molecule has 0 spiro atoms. The van der Waals surface area contributed by atoms with Crippen LogP contribution < -0.4 is 5.32 Å². The third-order valence-corrected chi connectivity index (χ3v) is 6.38. The van der Waals surface area contributed by atoms with Gasteiger partial charge in [0.2, 0.25) is 11.8 Å². The number of nitrogens with one attached hydrogen (secondary N) is 1. The first kappa shape index (κ1) is 19.3. The molecule has 26 heavy (non-hydrogen) atoms. The fourth-order valence-electron chi connectivity index (χ4n) is 2.47. The quantitative estimate of drug-likeness (QED) is 0.709. The van der Waals surface area contributed by atoms with Crippen LogP contribution in [0.5, 0.6) is 0 Å². The van der Waals surface area contributed by atoms with Crippen molar-refractivity contribution >= 4 is 68.2 Å². The number of thiocarbonyl (C=S) groups is 1. The zero-order valence-corrected chi connectivity index (χ0v) is 17.1. The van der Waals surface area contributed by atoms with Crippen LogP contribution in [0.15, 0.2) is 30.5 Å². The number of anilines is 1. The maximum absolute atomic E-state index is 12.1. The van der Waals surface area contributed by atoms with Crippen molar-refractivity contribution in [1.82, 2.24) is 9.88 Å². The van der Waals surface area contributed by atoms with Gasteiger partial charge >= 0.3 is 0 Å². The summed E-state index contributed by atoms with van der Waals surface area (Å²) in [6, 6.07) is 7.65. The van der Waals surface area contributed by atoms with Crippen LogP contribution in [0.4, 0.5) is 5.13 Å². The summed E-state index contributed by atoms with van der Waals surface area (Å²) in [6.07, 6.45) is 2.64. The van der Waals surface area contributed by atoms with Gasteiger partial charge < -0.3 is 5.32 Å². The Kier molecular flexibility index (Phi) is 6.29. The van der Waals surface area contributed by atoms with E-state index in [4.69, 9.17) is 23.8 Å². The molecule has 0 aliphatic carbocycles. The SMILES string of the molecule is CC1SC(=S)N(CCC(=O)Nc2ncc(Cc3cccc(Cl)c3)s2)C1=O. The van der Waals surface area contributed by atoms with Crippen LogP contribution in [0.25, 0.3) is 0 Å². The molecule has 1 atom stereocenters. The highest BCUT2D eigenvalue weighted by Crippen LogP contribution is 2.27. The number of halogens is 1. The van der Waals surface area contributed by atoms with Crippen LogP contribution in [0.2, 0.25) is 5.02 Å². The second kappa shape index (κ2) is 8.47. The molecule has 0 saturated carbocycles. The highest BCUT2D eigenvalue weighted by Gasteiger charge is 2.33. The molecule has 1 fully saturated rings. The third-order valence-electron chi connectivity index (χ3n) is 3.74. The zero-order chi connectivity index (χ0) is 18.7. The van der Waals surface area contributed by atoms with Crippen LogP contribution >= 0.6 is 46.9 Å². The summed E-state index contributed by atoms with van der Waals surface area (Å²) in [4.78, 5) is 30.8. The highest BCUT2D eigenvalue weighted by atomic mass is 35.5. The van der Waals surface area contributed by atoms with Crippen molar-refractivity contribution in [2.45, 2.75) is 25.0 Å². The van der Waals surface area contributed by atoms with E-state index in [1.54, 1.807) is 6.20 Å². The Labute approximate surface area is 170 Å². The van der Waals surface area contributed by atoms with E-state index in [0.717, 1.165) is 10.4 Å². The van der Waals surface area contributed by atoms with Crippen LogP contribution in [0, 0.1) is 0 Å². The molecule has 1 N–H and O–H groups in total. The Morgan fingerprint density at radius 2 is 2.27 bits per heavy atom. The van der Waals surface area contributed by atoms with Gasteiger partial charge in [-0.05, 0) is 24.6 Å². The predicted molar refractivity (Wildman–Crippen MR) is 111 cm³/mol. The Hall–Kier alpha value is -1.48. The summed E-state index contributed by atoms with van der Waals surface area (Å²) in [7, 11) is 0. The van der Waals surface area contributed by atoms with Crippen LogP contribution in [-0.4, -0.2) is 37.8 Å². The fraction of sp³-hybridized carbons (Fsp3) is 0.294. The number of rotatable bonds is 6. The summed E-state index contributed by atoms with van der Waals surface area (Å²) in [5, 5.41) is 3.85. The molecule has 3 rings (SSSR count). The number of aromatic nitrogens is 1. The smallest absolute Gasteiger partial charge is 0.241 e. The summed E-state index contributed by atoms with van der Waals surface area (Å²) in [6.45, 7) is 2.11. The second-order valence-corrected chi connectivity index (χ2v) is 9.28. The number of hydrogen-bond acceptors (Lipinski definition) is 6. The van der Waals surface area contributed by atoms with E-state index in [9.17, 15) is 9.59 Å². The second-order valence-electron chi connectivity index (χ2n) is 5.75. The van der Waals surface area contributed by atoms with Crippen molar-refractivity contribution in [2.24, 2.45) is 0 Å². The van der Waals surface area contributed by atoms with Crippen molar-refractivity contribution in [3.05, 3.63) is 45.9 Å². The molecular formula is C17H16ClN3O2S3. The lowest BCUT2D eigenvalue weighted by Crippen LogP contribution is -2.33. The number of amides is 2. The molecule has 2 amide bonds. The number of carbonyl (C=O) groups excluding carboxylic acids is 2. The molecule has 2 aromatic rings. The van der Waals surface area contributed by atoms with Gasteiger partial charge in [0.15, 0.2) is 5.13 Å². The van der Waals surface area contributed by atoms with Crippen LogP contribution in [0.1, 0.15) is 23.8 Å². The number of benzene rings is 1. The molecule has 1 aromatic heterocycles. The number of hydrogen-bond donors (Lipinski definition) is 1. The van der Waals surface area contributed by atoms with Crippen molar-refractivity contribution in [1.29, 1.82) is 0 Å². The van der Waals surface area contributed by atoms with Crippen molar-refractivity contribution in [2.75, 3.05) is 11.9 Å². The minimum atomic E-state index is -0.186. The highest BCUT2D eigenvalue weighted by molar-refractivity contribution is 8.24. The first-order valence-electron chi connectivity index (χ1n) is 7.93. The predicted octanol–water partition coefficient (Wildman–Crippen LogP) is 3.96. The van der Waals surface area contributed by atoms with E-state index in [1.165, 1.54) is 28.0 Å². The van der Waals surface area contributed by atoms with Crippen LogP contribution in [-0.2, 0) is 16.0 Å². The average molecular weight is 426 g/mol. The molecule has 1 saturated heterocycles. The van der Waals surface area contributed by atoms with Gasteiger partial charge in [0.25, 0.3) is 0 Å². The molecule has 1 aromatic carbocycles. The molecule has 2 heterocycles. The van der Waals surface area contributed by atoms with E-state index < -0.39 is 0 Å². The Bertz CT molecular complexity index is 855. The normalized spacial score (nSPS) is 17.0. The molecule has 0 bridgehead atoms. The molecule has 5 nitrogen and oxygen atoms in total. The van der Waals surface area contributed by atoms with Crippen molar-refractivity contribution < 1.29 is 9.59 Å². The summed E-state index contributed by atoms with van der Waals surface area (Å²) in [5.41, 5.74) is 1.09. The molecule has 9 heteroatoms. The standard InChI is InChI=1S/C17H16ClN3O2S3/c1-10-15(23)21(17(24)25-10)6-5-14(22)20-16-19-9-13(26-16)8-11-3-2-4-12(18)7-11/h2-4,7,9-10H,5-6,8H2,1H3,(H,19,20,22). The molecule has 1 aliphatic rings. The first-order valence-corrected chi connectivity index (χ1v) is 10.4. The van der Waals surface area contributed by atoms with E-state index in [1.807, 2.05) is 31.2 Å². The van der Waals surface area contributed by atoms with E-state index in [0.29, 0.717) is 27.4 Å². The molecule has 1 aliphatic heterocycles. The minimum absolute atomic E-state index is 0.0362. The lowest BCUT2D eigenvalue weighted by atomic mass is 10.1.